The monoisotopic (exact) mass is 295 g/mol. The van der Waals surface area contributed by atoms with Gasteiger partial charge in [-0.1, -0.05) is 6.42 Å². The molecule has 1 aliphatic carbocycles. The van der Waals surface area contributed by atoms with Crippen LogP contribution in [-0.4, -0.2) is 47.2 Å². The Morgan fingerprint density at radius 1 is 1.52 bits per heavy atom. The lowest BCUT2D eigenvalue weighted by Crippen LogP contribution is -2.34. The molecule has 1 amide bonds. The van der Waals surface area contributed by atoms with E-state index in [9.17, 15) is 14.7 Å². The minimum absolute atomic E-state index is 0.105. The number of nitrogens with zero attached hydrogens (tertiary/aromatic N) is 2. The van der Waals surface area contributed by atoms with Crippen LogP contribution in [0.2, 0.25) is 0 Å². The smallest absolute Gasteiger partial charge is 0.271 e. The van der Waals surface area contributed by atoms with Gasteiger partial charge in [0.2, 0.25) is 0 Å². The van der Waals surface area contributed by atoms with Crippen LogP contribution in [0, 0.1) is 5.92 Å². The van der Waals surface area contributed by atoms with E-state index < -0.39 is 0 Å². The van der Waals surface area contributed by atoms with Crippen molar-refractivity contribution in [1.82, 2.24) is 15.1 Å². The molecule has 2 N–H and O–H groups in total. The van der Waals surface area contributed by atoms with Gasteiger partial charge in [-0.3, -0.25) is 9.59 Å². The van der Waals surface area contributed by atoms with E-state index >= 15 is 0 Å². The lowest BCUT2D eigenvalue weighted by molar-refractivity contribution is 0.0908. The Labute approximate surface area is 122 Å². The molecule has 1 heterocycles. The average molecular weight is 295 g/mol. The van der Waals surface area contributed by atoms with E-state index in [4.69, 9.17) is 4.74 Å². The zero-order chi connectivity index (χ0) is 15.2. The normalized spacial score (nSPS) is 21.4. The van der Waals surface area contributed by atoms with Crippen molar-refractivity contribution >= 4 is 5.91 Å². The first-order chi connectivity index (χ1) is 10.1. The zero-order valence-electron chi connectivity index (χ0n) is 12.1. The molecule has 0 aromatic carbocycles. The number of aliphatic hydroxyl groups is 1. The lowest BCUT2D eigenvalue weighted by atomic mass is 10.1. The standard InChI is InChI=1S/C14H21N3O4/c1-21-8-7-17-13(19)6-5-11(16-17)14(20)15-9-10-3-2-4-12(10)18/h5-6,10,12,18H,2-4,7-9H2,1H3,(H,15,20). The van der Waals surface area contributed by atoms with E-state index in [0.717, 1.165) is 19.3 Å². The van der Waals surface area contributed by atoms with E-state index in [1.807, 2.05) is 0 Å². The number of carbonyl (C=O) groups is 1. The molecule has 7 nitrogen and oxygen atoms in total. The first kappa shape index (κ1) is 15.7. The molecule has 1 aliphatic rings. The van der Waals surface area contributed by atoms with Gasteiger partial charge in [0, 0.05) is 25.6 Å². The Bertz CT molecular complexity index is 543. The lowest BCUT2D eigenvalue weighted by Gasteiger charge is -2.15. The topological polar surface area (TPSA) is 93.5 Å². The highest BCUT2D eigenvalue weighted by molar-refractivity contribution is 5.91. The molecule has 2 atom stereocenters. The van der Waals surface area contributed by atoms with E-state index in [2.05, 4.69) is 10.4 Å². The molecule has 1 aromatic heterocycles. The second kappa shape index (κ2) is 7.33. The van der Waals surface area contributed by atoms with Gasteiger partial charge in [-0.2, -0.15) is 5.10 Å². The van der Waals surface area contributed by atoms with Crippen LogP contribution >= 0.6 is 0 Å². The quantitative estimate of drug-likeness (QED) is 0.757. The highest BCUT2D eigenvalue weighted by atomic mass is 16.5. The number of ether oxygens (including phenoxy) is 1. The van der Waals surface area contributed by atoms with Gasteiger partial charge in [0.25, 0.3) is 11.5 Å². The van der Waals surface area contributed by atoms with Crippen molar-refractivity contribution in [2.75, 3.05) is 20.3 Å². The number of aliphatic hydroxyl groups excluding tert-OH is 1. The fourth-order valence-electron chi connectivity index (χ4n) is 2.48. The van der Waals surface area contributed by atoms with Crippen molar-refractivity contribution in [2.45, 2.75) is 31.9 Å². The number of carbonyl (C=O) groups excluding carboxylic acids is 1. The van der Waals surface area contributed by atoms with Gasteiger partial charge in [-0.25, -0.2) is 4.68 Å². The minimum atomic E-state index is -0.339. The number of hydrogen-bond acceptors (Lipinski definition) is 5. The second-order valence-electron chi connectivity index (χ2n) is 5.24. The minimum Gasteiger partial charge on any atom is -0.393 e. The molecule has 1 fully saturated rings. The summed E-state index contributed by atoms with van der Waals surface area (Å²) >= 11 is 0. The SMILES string of the molecule is COCCn1nc(C(=O)NCC2CCCC2O)ccc1=O. The van der Waals surface area contributed by atoms with Gasteiger partial charge in [0.1, 0.15) is 5.69 Å². The van der Waals surface area contributed by atoms with Crippen LogP contribution in [-0.2, 0) is 11.3 Å². The number of aromatic nitrogens is 2. The van der Waals surface area contributed by atoms with Gasteiger partial charge < -0.3 is 15.2 Å². The van der Waals surface area contributed by atoms with Crippen LogP contribution in [0.5, 0.6) is 0 Å². The number of hydrogen-bond donors (Lipinski definition) is 2. The van der Waals surface area contributed by atoms with Crippen LogP contribution in [0.3, 0.4) is 0 Å². The van der Waals surface area contributed by atoms with Crippen LogP contribution in [0.25, 0.3) is 0 Å². The van der Waals surface area contributed by atoms with E-state index in [1.165, 1.54) is 23.9 Å². The molecule has 21 heavy (non-hydrogen) atoms. The molecule has 0 saturated heterocycles. The van der Waals surface area contributed by atoms with Gasteiger partial charge in [0.05, 0.1) is 19.3 Å². The molecule has 7 heteroatoms. The Balaban J connectivity index is 1.96. The highest BCUT2D eigenvalue weighted by Crippen LogP contribution is 2.24. The molecule has 2 unspecified atom stereocenters. The second-order valence-corrected chi connectivity index (χ2v) is 5.24. The first-order valence-corrected chi connectivity index (χ1v) is 7.15. The summed E-state index contributed by atoms with van der Waals surface area (Å²) in [6.45, 7) is 1.09. The van der Waals surface area contributed by atoms with Gasteiger partial charge in [-0.15, -0.1) is 0 Å². The third kappa shape index (κ3) is 4.12. The largest absolute Gasteiger partial charge is 0.393 e. The van der Waals surface area contributed by atoms with Crippen molar-refractivity contribution in [3.05, 3.63) is 28.2 Å². The van der Waals surface area contributed by atoms with Gasteiger partial charge in [0.15, 0.2) is 0 Å². The van der Waals surface area contributed by atoms with Crippen LogP contribution in [0.15, 0.2) is 16.9 Å². The maximum absolute atomic E-state index is 12.0. The molecule has 0 spiro atoms. The maximum atomic E-state index is 12.0. The Kier molecular flexibility index (Phi) is 5.46. The Morgan fingerprint density at radius 3 is 3.00 bits per heavy atom. The summed E-state index contributed by atoms with van der Waals surface area (Å²) in [4.78, 5) is 23.6. The summed E-state index contributed by atoms with van der Waals surface area (Å²) in [6, 6.07) is 2.73. The third-order valence-corrected chi connectivity index (χ3v) is 3.75. The van der Waals surface area contributed by atoms with Gasteiger partial charge >= 0.3 is 0 Å². The molecular formula is C14H21N3O4. The van der Waals surface area contributed by atoms with Crippen molar-refractivity contribution in [3.63, 3.8) is 0 Å². The molecular weight excluding hydrogens is 274 g/mol. The van der Waals surface area contributed by atoms with E-state index in [-0.39, 0.29) is 29.2 Å². The molecule has 0 radical (unpaired) electrons. The maximum Gasteiger partial charge on any atom is 0.271 e. The van der Waals surface area contributed by atoms with E-state index in [0.29, 0.717) is 19.7 Å². The van der Waals surface area contributed by atoms with Crippen LogP contribution in [0.4, 0.5) is 0 Å². The molecule has 0 bridgehead atoms. The number of amides is 1. The zero-order valence-corrected chi connectivity index (χ0v) is 12.1. The molecule has 0 aliphatic heterocycles. The Morgan fingerprint density at radius 2 is 2.33 bits per heavy atom. The predicted octanol–water partition coefficient (Wildman–Crippen LogP) is -0.220. The fraction of sp³-hybridized carbons (Fsp3) is 0.643. The average Bonchev–Trinajstić information content (AvgIpc) is 2.89. The van der Waals surface area contributed by atoms with Crippen molar-refractivity contribution < 1.29 is 14.6 Å². The molecule has 1 saturated carbocycles. The van der Waals surface area contributed by atoms with E-state index in [1.54, 1.807) is 0 Å². The van der Waals surface area contributed by atoms with Crippen LogP contribution < -0.4 is 10.9 Å². The summed E-state index contributed by atoms with van der Waals surface area (Å²) in [6.07, 6.45) is 2.36. The van der Waals surface area contributed by atoms with Crippen molar-refractivity contribution in [1.29, 1.82) is 0 Å². The van der Waals surface area contributed by atoms with Crippen molar-refractivity contribution in [3.8, 4) is 0 Å². The summed E-state index contributed by atoms with van der Waals surface area (Å²) in [5.74, 6) is -0.228. The highest BCUT2D eigenvalue weighted by Gasteiger charge is 2.25. The number of rotatable bonds is 6. The van der Waals surface area contributed by atoms with Crippen LogP contribution in [0.1, 0.15) is 29.8 Å². The Hall–Kier alpha value is -1.73. The molecule has 2 rings (SSSR count). The molecule has 1 aromatic rings. The number of methoxy groups -OCH3 is 1. The summed E-state index contributed by atoms with van der Waals surface area (Å²) in [5.41, 5.74) is -0.0759. The summed E-state index contributed by atoms with van der Waals surface area (Å²) in [5, 5.41) is 16.5. The first-order valence-electron chi connectivity index (χ1n) is 7.15. The fourth-order valence-corrected chi connectivity index (χ4v) is 2.48. The number of nitrogens with one attached hydrogen (secondary N) is 1. The third-order valence-electron chi connectivity index (χ3n) is 3.75. The summed E-state index contributed by atoms with van der Waals surface area (Å²) < 4.78 is 6.11. The molecule has 116 valence electrons. The summed E-state index contributed by atoms with van der Waals surface area (Å²) in [7, 11) is 1.54. The predicted molar refractivity (Wildman–Crippen MR) is 76.1 cm³/mol. The van der Waals surface area contributed by atoms with Gasteiger partial charge in [-0.05, 0) is 18.9 Å². The van der Waals surface area contributed by atoms with Crippen molar-refractivity contribution in [2.24, 2.45) is 5.92 Å².